The second kappa shape index (κ2) is 9.77. The Morgan fingerprint density at radius 1 is 1.20 bits per heavy atom. The van der Waals surface area contributed by atoms with Crippen molar-refractivity contribution in [3.63, 3.8) is 0 Å². The molecule has 1 N–H and O–H groups in total. The maximum absolute atomic E-state index is 12.9. The van der Waals surface area contributed by atoms with Gasteiger partial charge in [-0.3, -0.25) is 19.3 Å². The highest BCUT2D eigenvalue weighted by molar-refractivity contribution is 8.18. The molecule has 0 spiro atoms. The van der Waals surface area contributed by atoms with Crippen molar-refractivity contribution < 1.29 is 19.1 Å². The number of rotatable bonds is 6. The Kier molecular flexibility index (Phi) is 6.94. The van der Waals surface area contributed by atoms with Crippen molar-refractivity contribution in [2.24, 2.45) is 0 Å². The lowest BCUT2D eigenvalue weighted by molar-refractivity contribution is -0.127. The summed E-state index contributed by atoms with van der Waals surface area (Å²) in [5.41, 5.74) is 3.98. The van der Waals surface area contributed by atoms with Crippen molar-refractivity contribution in [1.82, 2.24) is 4.90 Å². The zero-order valence-electron chi connectivity index (χ0n) is 20.8. The van der Waals surface area contributed by atoms with Crippen LogP contribution in [0.2, 0.25) is 0 Å². The van der Waals surface area contributed by atoms with Gasteiger partial charge in [0.2, 0.25) is 5.91 Å². The molecule has 1 fully saturated rings. The number of carbonyl (C=O) groups is 3. The summed E-state index contributed by atoms with van der Waals surface area (Å²) in [6.45, 7) is 9.51. The molecule has 4 rings (SSSR count). The SMILES string of the molecule is CCN1c2ccc(/C=C3\SC(=O)N(CC(=O)Nc4ccc(OC)cc4)C3=O)cc2C(C)CC1(C)C. The molecule has 2 aromatic rings. The molecule has 1 atom stereocenters. The summed E-state index contributed by atoms with van der Waals surface area (Å²) < 4.78 is 5.11. The summed E-state index contributed by atoms with van der Waals surface area (Å²) in [4.78, 5) is 41.6. The first-order valence-electron chi connectivity index (χ1n) is 11.7. The molecule has 0 saturated carbocycles. The van der Waals surface area contributed by atoms with Gasteiger partial charge in [0.05, 0.1) is 12.0 Å². The summed E-state index contributed by atoms with van der Waals surface area (Å²) in [5, 5.41) is 2.26. The molecule has 2 aromatic carbocycles. The number of thioether (sulfide) groups is 1. The van der Waals surface area contributed by atoms with Crippen LogP contribution in [0.1, 0.15) is 51.2 Å². The normalized spacial score (nSPS) is 20.3. The molecule has 2 heterocycles. The van der Waals surface area contributed by atoms with E-state index in [1.807, 2.05) is 6.07 Å². The third-order valence-corrected chi connectivity index (χ3v) is 7.48. The average molecular weight is 494 g/mol. The van der Waals surface area contributed by atoms with Gasteiger partial charge in [0.15, 0.2) is 0 Å². The minimum atomic E-state index is -0.452. The molecule has 1 unspecified atom stereocenters. The lowest BCUT2D eigenvalue weighted by atomic mass is 9.79. The number of hydrogen-bond acceptors (Lipinski definition) is 6. The van der Waals surface area contributed by atoms with Crippen LogP contribution in [0.3, 0.4) is 0 Å². The van der Waals surface area contributed by atoms with E-state index < -0.39 is 17.1 Å². The molecular formula is C27H31N3O4S. The van der Waals surface area contributed by atoms with E-state index in [0.29, 0.717) is 22.3 Å². The summed E-state index contributed by atoms with van der Waals surface area (Å²) in [6, 6.07) is 13.0. The van der Waals surface area contributed by atoms with E-state index in [-0.39, 0.29) is 12.1 Å². The zero-order valence-corrected chi connectivity index (χ0v) is 21.6. The minimum absolute atomic E-state index is 0.0811. The van der Waals surface area contributed by atoms with Crippen molar-refractivity contribution in [2.75, 3.05) is 30.4 Å². The molecule has 0 aromatic heterocycles. The van der Waals surface area contributed by atoms with Crippen LogP contribution < -0.4 is 15.0 Å². The zero-order chi connectivity index (χ0) is 25.3. The first-order chi connectivity index (χ1) is 16.6. The number of amides is 3. The smallest absolute Gasteiger partial charge is 0.294 e. The van der Waals surface area contributed by atoms with E-state index in [4.69, 9.17) is 4.74 Å². The minimum Gasteiger partial charge on any atom is -0.497 e. The van der Waals surface area contributed by atoms with E-state index >= 15 is 0 Å². The molecule has 2 aliphatic heterocycles. The first-order valence-corrected chi connectivity index (χ1v) is 12.6. The Labute approximate surface area is 210 Å². The highest BCUT2D eigenvalue weighted by Gasteiger charge is 2.37. The van der Waals surface area contributed by atoms with E-state index in [9.17, 15) is 14.4 Å². The van der Waals surface area contributed by atoms with Crippen LogP contribution in [0.15, 0.2) is 47.4 Å². The summed E-state index contributed by atoms with van der Waals surface area (Å²) >= 11 is 0.864. The van der Waals surface area contributed by atoms with Gasteiger partial charge < -0.3 is 15.0 Å². The largest absolute Gasteiger partial charge is 0.497 e. The monoisotopic (exact) mass is 493 g/mol. The predicted molar refractivity (Wildman–Crippen MR) is 141 cm³/mol. The molecule has 0 bridgehead atoms. The molecule has 7 nitrogen and oxygen atoms in total. The van der Waals surface area contributed by atoms with Gasteiger partial charge in [-0.25, -0.2) is 0 Å². The Bertz CT molecular complexity index is 1190. The maximum Gasteiger partial charge on any atom is 0.294 e. The average Bonchev–Trinajstić information content (AvgIpc) is 3.07. The molecule has 0 radical (unpaired) electrons. The van der Waals surface area contributed by atoms with E-state index in [1.54, 1.807) is 37.5 Å². The lowest BCUT2D eigenvalue weighted by Crippen LogP contribution is -2.48. The fourth-order valence-corrected chi connectivity index (χ4v) is 5.84. The second-order valence-corrected chi connectivity index (χ2v) is 10.5. The Morgan fingerprint density at radius 2 is 1.91 bits per heavy atom. The summed E-state index contributed by atoms with van der Waals surface area (Å²) in [6.07, 6.45) is 2.78. The highest BCUT2D eigenvalue weighted by Crippen LogP contribution is 2.44. The van der Waals surface area contributed by atoms with Gasteiger partial charge in [-0.15, -0.1) is 0 Å². The number of hydrogen-bond donors (Lipinski definition) is 1. The van der Waals surface area contributed by atoms with Crippen LogP contribution in [0.25, 0.3) is 6.08 Å². The Balaban J connectivity index is 1.49. The Morgan fingerprint density at radius 3 is 2.57 bits per heavy atom. The number of methoxy groups -OCH3 is 1. The van der Waals surface area contributed by atoms with E-state index in [1.165, 1.54) is 11.3 Å². The van der Waals surface area contributed by atoms with Gasteiger partial charge in [0.1, 0.15) is 12.3 Å². The number of benzene rings is 2. The number of nitrogens with zero attached hydrogens (tertiary/aromatic N) is 2. The van der Waals surface area contributed by atoms with Gasteiger partial charge in [-0.05, 0) is 98.5 Å². The fraction of sp³-hybridized carbons (Fsp3) is 0.370. The van der Waals surface area contributed by atoms with Crippen molar-refractivity contribution in [1.29, 1.82) is 0 Å². The lowest BCUT2D eigenvalue weighted by Gasteiger charge is -2.47. The van der Waals surface area contributed by atoms with Crippen molar-refractivity contribution >= 4 is 46.3 Å². The van der Waals surface area contributed by atoms with Crippen LogP contribution in [-0.4, -0.2) is 47.7 Å². The first kappa shape index (κ1) is 24.9. The van der Waals surface area contributed by atoms with Gasteiger partial charge in [-0.2, -0.15) is 0 Å². The van der Waals surface area contributed by atoms with Crippen LogP contribution >= 0.6 is 11.8 Å². The summed E-state index contributed by atoms with van der Waals surface area (Å²) in [7, 11) is 1.56. The van der Waals surface area contributed by atoms with Crippen molar-refractivity contribution in [2.45, 2.75) is 45.6 Å². The molecule has 8 heteroatoms. The number of carbonyl (C=O) groups excluding carboxylic acids is 3. The van der Waals surface area contributed by atoms with Crippen LogP contribution in [0, 0.1) is 0 Å². The maximum atomic E-state index is 12.9. The molecule has 3 amide bonds. The Hall–Kier alpha value is -3.26. The van der Waals surface area contributed by atoms with Crippen molar-refractivity contribution in [3.8, 4) is 5.75 Å². The second-order valence-electron chi connectivity index (χ2n) is 9.52. The molecule has 184 valence electrons. The molecular weight excluding hydrogens is 462 g/mol. The van der Waals surface area contributed by atoms with E-state index in [2.05, 4.69) is 50.0 Å². The van der Waals surface area contributed by atoms with Crippen molar-refractivity contribution in [3.05, 3.63) is 58.5 Å². The van der Waals surface area contributed by atoms with Gasteiger partial charge in [0.25, 0.3) is 11.1 Å². The number of anilines is 2. The van der Waals surface area contributed by atoms with Gasteiger partial charge in [0, 0.05) is 23.5 Å². The third-order valence-electron chi connectivity index (χ3n) is 6.57. The molecule has 0 aliphatic carbocycles. The standard InChI is InChI=1S/C27H31N3O4S/c1-6-30-22-12-7-18(13-21(22)17(2)15-27(30,3)4)14-23-25(32)29(26(33)35-23)16-24(31)28-19-8-10-20(34-5)11-9-19/h7-14,17H,6,15-16H2,1-5H3,(H,28,31)/b23-14-. The van der Waals surface area contributed by atoms with E-state index in [0.717, 1.165) is 35.2 Å². The predicted octanol–water partition coefficient (Wildman–Crippen LogP) is 5.48. The number of imide groups is 1. The van der Waals surface area contributed by atoms with Gasteiger partial charge in [-0.1, -0.05) is 13.0 Å². The number of ether oxygens (including phenoxy) is 1. The van der Waals surface area contributed by atoms with Crippen LogP contribution in [0.4, 0.5) is 16.2 Å². The topological polar surface area (TPSA) is 79.0 Å². The van der Waals surface area contributed by atoms with Crippen LogP contribution in [0.5, 0.6) is 5.75 Å². The van der Waals surface area contributed by atoms with Crippen LogP contribution in [-0.2, 0) is 9.59 Å². The van der Waals surface area contributed by atoms with Gasteiger partial charge >= 0.3 is 0 Å². The molecule has 2 aliphatic rings. The summed E-state index contributed by atoms with van der Waals surface area (Å²) in [5.74, 6) is 0.158. The third kappa shape index (κ3) is 5.07. The number of fused-ring (bicyclic) bond motifs is 1. The fourth-order valence-electron chi connectivity index (χ4n) is 5.00. The molecule has 35 heavy (non-hydrogen) atoms. The highest BCUT2D eigenvalue weighted by atomic mass is 32.2. The molecule has 1 saturated heterocycles. The number of nitrogens with one attached hydrogen (secondary N) is 1. The quantitative estimate of drug-likeness (QED) is 0.537.